The van der Waals surface area contributed by atoms with E-state index in [-0.39, 0.29) is 10.8 Å². The molecule has 1 aromatic carbocycles. The summed E-state index contributed by atoms with van der Waals surface area (Å²) < 4.78 is 26.3. The molecule has 0 saturated carbocycles. The van der Waals surface area contributed by atoms with Crippen LogP contribution < -0.4 is 10.7 Å². The minimum Gasteiger partial charge on any atom is -0.326 e. The van der Waals surface area contributed by atoms with Crippen LogP contribution in [0.2, 0.25) is 0 Å². The number of sulfonamides is 1. The van der Waals surface area contributed by atoms with Crippen LogP contribution >= 0.6 is 0 Å². The van der Waals surface area contributed by atoms with Crippen LogP contribution in [0, 0.1) is 0 Å². The van der Waals surface area contributed by atoms with E-state index in [0.717, 1.165) is 5.56 Å². The van der Waals surface area contributed by atoms with Gasteiger partial charge in [0.2, 0.25) is 15.9 Å². The van der Waals surface area contributed by atoms with Crippen molar-refractivity contribution in [2.45, 2.75) is 32.6 Å². The molecule has 8 nitrogen and oxygen atoms in total. The molecule has 1 aromatic heterocycles. The second-order valence-electron chi connectivity index (χ2n) is 6.04. The largest absolute Gasteiger partial charge is 0.326 e. The van der Waals surface area contributed by atoms with Gasteiger partial charge in [-0.1, -0.05) is 26.0 Å². The van der Waals surface area contributed by atoms with E-state index < -0.39 is 10.0 Å². The molecule has 0 aliphatic carbocycles. The quantitative estimate of drug-likeness (QED) is 0.521. The highest BCUT2D eigenvalue weighted by molar-refractivity contribution is 7.89. The second kappa shape index (κ2) is 9.43. The first-order chi connectivity index (χ1) is 13.3. The highest BCUT2D eigenvalue weighted by atomic mass is 32.2. The van der Waals surface area contributed by atoms with Crippen molar-refractivity contribution in [3.8, 4) is 0 Å². The number of amides is 1. The van der Waals surface area contributed by atoms with Gasteiger partial charge in [-0.25, -0.2) is 13.4 Å². The Kier molecular flexibility index (Phi) is 7.24. The maximum Gasteiger partial charge on any atom is 0.244 e. The third-order valence-corrected chi connectivity index (χ3v) is 6.05. The Labute approximate surface area is 165 Å². The number of hydrogen-bond acceptors (Lipinski definition) is 6. The van der Waals surface area contributed by atoms with Crippen molar-refractivity contribution in [3.63, 3.8) is 0 Å². The molecule has 28 heavy (non-hydrogen) atoms. The Morgan fingerprint density at radius 1 is 1.14 bits per heavy atom. The summed E-state index contributed by atoms with van der Waals surface area (Å²) in [5.41, 5.74) is 5.03. The third kappa shape index (κ3) is 5.37. The van der Waals surface area contributed by atoms with Crippen molar-refractivity contribution in [2.75, 3.05) is 23.8 Å². The first-order valence-corrected chi connectivity index (χ1v) is 10.4. The number of rotatable bonds is 8. The number of carbonyl (C=O) groups excluding carboxylic acids is 1. The zero-order chi connectivity index (χ0) is 20.7. The van der Waals surface area contributed by atoms with Crippen LogP contribution in [0.15, 0.2) is 52.6 Å². The first-order valence-electron chi connectivity index (χ1n) is 8.92. The topological polar surface area (TPSA) is 104 Å². The second-order valence-corrected chi connectivity index (χ2v) is 7.98. The van der Waals surface area contributed by atoms with Gasteiger partial charge >= 0.3 is 0 Å². The van der Waals surface area contributed by atoms with Gasteiger partial charge in [-0.05, 0) is 36.8 Å². The number of nitrogens with zero attached hydrogens (tertiary/aromatic N) is 3. The van der Waals surface area contributed by atoms with Crippen LogP contribution in [0.1, 0.15) is 33.3 Å². The zero-order valence-corrected chi connectivity index (χ0v) is 17.2. The van der Waals surface area contributed by atoms with E-state index in [0.29, 0.717) is 30.3 Å². The van der Waals surface area contributed by atoms with E-state index in [9.17, 15) is 13.2 Å². The number of pyridine rings is 1. The summed E-state index contributed by atoms with van der Waals surface area (Å²) in [5.74, 6) is 0.282. The molecule has 0 aliphatic rings. The molecule has 0 atom stereocenters. The van der Waals surface area contributed by atoms with Gasteiger partial charge < -0.3 is 5.32 Å². The van der Waals surface area contributed by atoms with Crippen LogP contribution in [-0.2, 0) is 14.8 Å². The summed E-state index contributed by atoms with van der Waals surface area (Å²) in [6.45, 7) is 7.66. The van der Waals surface area contributed by atoms with E-state index in [2.05, 4.69) is 20.8 Å². The minimum absolute atomic E-state index is 0.144. The molecular weight excluding hydrogens is 378 g/mol. The first kappa shape index (κ1) is 21.5. The zero-order valence-electron chi connectivity index (χ0n) is 16.4. The molecule has 0 unspecified atom stereocenters. The van der Waals surface area contributed by atoms with Crippen LogP contribution in [0.25, 0.3) is 0 Å². The van der Waals surface area contributed by atoms with Crippen LogP contribution in [0.4, 0.5) is 11.5 Å². The van der Waals surface area contributed by atoms with E-state index in [4.69, 9.17) is 0 Å². The number of hydrazone groups is 1. The van der Waals surface area contributed by atoms with E-state index in [1.54, 1.807) is 26.0 Å². The molecule has 1 heterocycles. The van der Waals surface area contributed by atoms with Gasteiger partial charge in [0, 0.05) is 31.9 Å². The maximum atomic E-state index is 12.5. The lowest BCUT2D eigenvalue weighted by Crippen LogP contribution is -2.30. The number of aromatic nitrogens is 1. The molecule has 2 rings (SSSR count). The molecule has 150 valence electrons. The smallest absolute Gasteiger partial charge is 0.244 e. The number of carbonyl (C=O) groups is 1. The van der Waals surface area contributed by atoms with Crippen molar-refractivity contribution in [1.82, 2.24) is 9.29 Å². The Bertz CT molecular complexity index is 952. The van der Waals surface area contributed by atoms with Crippen LogP contribution in [-0.4, -0.2) is 42.4 Å². The predicted molar refractivity (Wildman–Crippen MR) is 111 cm³/mol. The third-order valence-electron chi connectivity index (χ3n) is 4.02. The summed E-state index contributed by atoms with van der Waals surface area (Å²) in [5, 5.41) is 7.00. The highest BCUT2D eigenvalue weighted by Gasteiger charge is 2.21. The van der Waals surface area contributed by atoms with Gasteiger partial charge in [0.05, 0.1) is 5.71 Å². The van der Waals surface area contributed by atoms with Gasteiger partial charge in [-0.3, -0.25) is 10.2 Å². The predicted octanol–water partition coefficient (Wildman–Crippen LogP) is 2.91. The SMILES string of the molecule is CCN(CC)S(=O)(=O)c1ccc(NN=C(C)c2cccc(NC(C)=O)c2)nc1. The average molecular weight is 404 g/mol. The van der Waals surface area contributed by atoms with Gasteiger partial charge in [0.15, 0.2) is 0 Å². The fraction of sp³-hybridized carbons (Fsp3) is 0.316. The van der Waals surface area contributed by atoms with Crippen molar-refractivity contribution in [3.05, 3.63) is 48.2 Å². The summed E-state index contributed by atoms with van der Waals surface area (Å²) in [7, 11) is -3.53. The van der Waals surface area contributed by atoms with Crippen molar-refractivity contribution in [1.29, 1.82) is 0 Å². The molecular formula is C19H25N5O3S. The van der Waals surface area contributed by atoms with Gasteiger partial charge in [0.25, 0.3) is 0 Å². The Balaban J connectivity index is 2.13. The molecule has 0 saturated heterocycles. The molecule has 2 N–H and O–H groups in total. The normalized spacial score (nSPS) is 12.1. The molecule has 0 radical (unpaired) electrons. The van der Waals surface area contributed by atoms with Crippen LogP contribution in [0.5, 0.6) is 0 Å². The number of benzene rings is 1. The van der Waals surface area contributed by atoms with Crippen molar-refractivity contribution in [2.24, 2.45) is 5.10 Å². The fourth-order valence-electron chi connectivity index (χ4n) is 2.54. The summed E-state index contributed by atoms with van der Waals surface area (Å²) in [6.07, 6.45) is 1.32. The summed E-state index contributed by atoms with van der Waals surface area (Å²) in [6, 6.07) is 10.4. The standard InChI is InChI=1S/C19H25N5O3S/c1-5-24(6-2)28(26,27)18-10-11-19(20-13-18)23-22-14(3)16-8-7-9-17(12-16)21-15(4)25/h7-13H,5-6H2,1-4H3,(H,20,23)(H,21,25). The van der Waals surface area contributed by atoms with E-state index >= 15 is 0 Å². The lowest BCUT2D eigenvalue weighted by molar-refractivity contribution is -0.114. The molecule has 0 fully saturated rings. The van der Waals surface area contributed by atoms with Crippen LogP contribution in [0.3, 0.4) is 0 Å². The average Bonchev–Trinajstić information content (AvgIpc) is 2.67. The number of anilines is 2. The maximum absolute atomic E-state index is 12.5. The van der Waals surface area contributed by atoms with Crippen molar-refractivity contribution >= 4 is 33.1 Å². The lowest BCUT2D eigenvalue weighted by Gasteiger charge is -2.18. The molecule has 0 aliphatic heterocycles. The highest BCUT2D eigenvalue weighted by Crippen LogP contribution is 2.16. The molecule has 0 bridgehead atoms. The molecule has 9 heteroatoms. The molecule has 0 spiro atoms. The monoisotopic (exact) mass is 403 g/mol. The van der Waals surface area contributed by atoms with Gasteiger partial charge in [0.1, 0.15) is 10.7 Å². The summed E-state index contributed by atoms with van der Waals surface area (Å²) in [4.78, 5) is 15.5. The number of hydrogen-bond donors (Lipinski definition) is 2. The van der Waals surface area contributed by atoms with E-state index in [1.807, 2.05) is 25.1 Å². The van der Waals surface area contributed by atoms with Crippen molar-refractivity contribution < 1.29 is 13.2 Å². The number of nitrogens with one attached hydrogen (secondary N) is 2. The fourth-order valence-corrected chi connectivity index (χ4v) is 3.95. The van der Waals surface area contributed by atoms with E-state index in [1.165, 1.54) is 23.5 Å². The lowest BCUT2D eigenvalue weighted by atomic mass is 10.1. The summed E-state index contributed by atoms with van der Waals surface area (Å²) >= 11 is 0. The Morgan fingerprint density at radius 3 is 2.43 bits per heavy atom. The Morgan fingerprint density at radius 2 is 1.86 bits per heavy atom. The Hall–Kier alpha value is -2.78. The molecule has 1 amide bonds. The minimum atomic E-state index is -3.53. The van der Waals surface area contributed by atoms with Gasteiger partial charge in [-0.2, -0.15) is 9.41 Å². The van der Waals surface area contributed by atoms with Gasteiger partial charge in [-0.15, -0.1) is 0 Å². The molecule has 2 aromatic rings.